The monoisotopic (exact) mass is 384 g/mol. The fourth-order valence-corrected chi connectivity index (χ4v) is 5.84. The van der Waals surface area contributed by atoms with Crippen LogP contribution >= 0.6 is 0 Å². The van der Waals surface area contributed by atoms with Gasteiger partial charge in [-0.1, -0.05) is 70.2 Å². The summed E-state index contributed by atoms with van der Waals surface area (Å²) >= 11 is 0. The molecule has 0 atom stereocenters. The Balaban J connectivity index is 1.65. The second-order valence-corrected chi connectivity index (χ2v) is 9.60. The van der Waals surface area contributed by atoms with E-state index in [2.05, 4.69) is 38.1 Å². The Morgan fingerprint density at radius 1 is 0.893 bits per heavy atom. The van der Waals surface area contributed by atoms with Crippen LogP contribution in [-0.2, 0) is 10.2 Å². The van der Waals surface area contributed by atoms with Crippen molar-refractivity contribution in [3.63, 3.8) is 0 Å². The Labute approximate surface area is 172 Å². The molecule has 2 heteroatoms. The van der Waals surface area contributed by atoms with E-state index in [0.29, 0.717) is 5.92 Å². The number of benzene rings is 1. The maximum atomic E-state index is 12.3. The van der Waals surface area contributed by atoms with Gasteiger partial charge in [-0.3, -0.25) is 4.79 Å². The molecule has 0 aromatic heterocycles. The lowest BCUT2D eigenvalue weighted by Crippen LogP contribution is -2.39. The first-order valence-electron chi connectivity index (χ1n) is 11.9. The average molecular weight is 385 g/mol. The van der Waals surface area contributed by atoms with Crippen molar-refractivity contribution in [3.8, 4) is 0 Å². The Morgan fingerprint density at radius 3 is 2.04 bits per heavy atom. The second kappa shape index (κ2) is 9.94. The number of hydrogen-bond acceptors (Lipinski definition) is 1. The Morgan fingerprint density at radius 2 is 1.50 bits per heavy atom. The highest BCUT2D eigenvalue weighted by Gasteiger charge is 2.43. The second-order valence-electron chi connectivity index (χ2n) is 9.60. The summed E-state index contributed by atoms with van der Waals surface area (Å²) in [6.45, 7) is 4.53. The number of carboxylic acid groups (broad SMARTS) is 1. The largest absolute Gasteiger partial charge is 0.481 e. The average Bonchev–Trinajstić information content (AvgIpc) is 2.73. The zero-order valence-corrected chi connectivity index (χ0v) is 18.1. The van der Waals surface area contributed by atoms with Gasteiger partial charge in [-0.25, -0.2) is 0 Å². The topological polar surface area (TPSA) is 37.3 Å². The summed E-state index contributed by atoms with van der Waals surface area (Å²) in [5.41, 5.74) is 1.81. The summed E-state index contributed by atoms with van der Waals surface area (Å²) in [6.07, 6.45) is 15.5. The van der Waals surface area contributed by atoms with Crippen molar-refractivity contribution in [2.75, 3.05) is 0 Å². The Kier molecular flexibility index (Phi) is 7.60. The van der Waals surface area contributed by atoms with Gasteiger partial charge in [0.05, 0.1) is 5.41 Å². The molecule has 0 aliphatic heterocycles. The molecule has 0 spiro atoms. The predicted molar refractivity (Wildman–Crippen MR) is 117 cm³/mol. The van der Waals surface area contributed by atoms with E-state index in [1.165, 1.54) is 63.4 Å². The van der Waals surface area contributed by atoms with Crippen molar-refractivity contribution < 1.29 is 9.90 Å². The first-order chi connectivity index (χ1) is 13.6. The highest BCUT2D eigenvalue weighted by atomic mass is 16.4. The van der Waals surface area contributed by atoms with Gasteiger partial charge in [-0.05, 0) is 80.2 Å². The number of carboxylic acids is 1. The molecule has 156 valence electrons. The molecule has 1 aromatic carbocycles. The van der Waals surface area contributed by atoms with Crippen molar-refractivity contribution in [2.45, 2.75) is 109 Å². The number of rotatable bonds is 8. The highest BCUT2D eigenvalue weighted by Crippen LogP contribution is 2.44. The van der Waals surface area contributed by atoms with Crippen LogP contribution in [0.15, 0.2) is 24.3 Å². The standard InChI is InChI=1S/C26H40O2/c1-3-5-7-21-16-18-26(19-17-21,25(27)28)24-14-12-23(13-15-24)22-10-8-20(6-4-2)9-11-22/h12-15,20-22H,3-11,16-19H2,1-2H3,(H,27,28). The molecule has 2 aliphatic carbocycles. The number of hydrogen-bond donors (Lipinski definition) is 1. The van der Waals surface area contributed by atoms with Crippen LogP contribution < -0.4 is 0 Å². The summed E-state index contributed by atoms with van der Waals surface area (Å²) in [4.78, 5) is 12.3. The zero-order chi connectivity index (χ0) is 20.0. The SMILES string of the molecule is CCCCC1CCC(C(=O)O)(c2ccc(C3CCC(CCC)CC3)cc2)CC1. The molecule has 28 heavy (non-hydrogen) atoms. The van der Waals surface area contributed by atoms with E-state index >= 15 is 0 Å². The summed E-state index contributed by atoms with van der Waals surface area (Å²) < 4.78 is 0. The van der Waals surface area contributed by atoms with E-state index in [4.69, 9.17) is 0 Å². The van der Waals surface area contributed by atoms with Gasteiger partial charge in [0.2, 0.25) is 0 Å². The summed E-state index contributed by atoms with van der Waals surface area (Å²) in [7, 11) is 0. The maximum absolute atomic E-state index is 12.3. The fourth-order valence-electron chi connectivity index (χ4n) is 5.84. The predicted octanol–water partition coefficient (Wildman–Crippen LogP) is 7.46. The van der Waals surface area contributed by atoms with Crippen LogP contribution in [-0.4, -0.2) is 11.1 Å². The van der Waals surface area contributed by atoms with Gasteiger partial charge in [0.1, 0.15) is 0 Å². The lowest BCUT2D eigenvalue weighted by atomic mass is 9.65. The smallest absolute Gasteiger partial charge is 0.314 e. The molecule has 0 radical (unpaired) electrons. The molecule has 2 aliphatic rings. The van der Waals surface area contributed by atoms with Crippen molar-refractivity contribution in [2.24, 2.45) is 11.8 Å². The van der Waals surface area contributed by atoms with Crippen molar-refractivity contribution in [1.29, 1.82) is 0 Å². The molecule has 3 rings (SSSR count). The normalized spacial score (nSPS) is 30.9. The number of carbonyl (C=O) groups is 1. The minimum atomic E-state index is -0.653. The fraction of sp³-hybridized carbons (Fsp3) is 0.731. The van der Waals surface area contributed by atoms with Gasteiger partial charge in [0.15, 0.2) is 0 Å². The van der Waals surface area contributed by atoms with Crippen LogP contribution in [0, 0.1) is 11.8 Å². The van der Waals surface area contributed by atoms with Crippen LogP contribution in [0.4, 0.5) is 0 Å². The van der Waals surface area contributed by atoms with E-state index < -0.39 is 11.4 Å². The molecule has 2 fully saturated rings. The van der Waals surface area contributed by atoms with Crippen molar-refractivity contribution in [3.05, 3.63) is 35.4 Å². The lowest BCUT2D eigenvalue weighted by molar-refractivity contribution is -0.145. The molecule has 0 bridgehead atoms. The zero-order valence-electron chi connectivity index (χ0n) is 18.1. The first-order valence-corrected chi connectivity index (χ1v) is 11.9. The molecule has 1 aromatic rings. The van der Waals surface area contributed by atoms with Gasteiger partial charge in [0.25, 0.3) is 0 Å². The van der Waals surface area contributed by atoms with E-state index in [9.17, 15) is 9.90 Å². The molecule has 0 heterocycles. The molecule has 0 saturated heterocycles. The minimum absolute atomic E-state index is 0.616. The third kappa shape index (κ3) is 4.81. The minimum Gasteiger partial charge on any atom is -0.481 e. The van der Waals surface area contributed by atoms with Crippen LogP contribution in [0.2, 0.25) is 0 Å². The molecular formula is C26H40O2. The van der Waals surface area contributed by atoms with Crippen molar-refractivity contribution >= 4 is 5.97 Å². The van der Waals surface area contributed by atoms with Gasteiger partial charge in [0, 0.05) is 0 Å². The molecule has 2 nitrogen and oxygen atoms in total. The number of unbranched alkanes of at least 4 members (excludes halogenated alkanes) is 1. The summed E-state index contributed by atoms with van der Waals surface area (Å²) in [5.74, 6) is 1.71. The van der Waals surface area contributed by atoms with Crippen LogP contribution in [0.5, 0.6) is 0 Å². The third-order valence-electron chi connectivity index (χ3n) is 7.81. The molecule has 0 unspecified atom stereocenters. The van der Waals surface area contributed by atoms with Gasteiger partial charge < -0.3 is 5.11 Å². The quantitative estimate of drug-likeness (QED) is 0.505. The molecule has 1 N–H and O–H groups in total. The maximum Gasteiger partial charge on any atom is 0.314 e. The molecule has 2 saturated carbocycles. The van der Waals surface area contributed by atoms with Gasteiger partial charge in [-0.2, -0.15) is 0 Å². The van der Waals surface area contributed by atoms with Gasteiger partial charge >= 0.3 is 5.97 Å². The van der Waals surface area contributed by atoms with Crippen molar-refractivity contribution in [1.82, 2.24) is 0 Å². The van der Waals surface area contributed by atoms with E-state index in [1.807, 2.05) is 0 Å². The first kappa shape index (κ1) is 21.4. The lowest BCUT2D eigenvalue weighted by Gasteiger charge is -2.37. The Hall–Kier alpha value is -1.31. The summed E-state index contributed by atoms with van der Waals surface area (Å²) in [6, 6.07) is 8.78. The van der Waals surface area contributed by atoms with E-state index in [0.717, 1.165) is 43.1 Å². The van der Waals surface area contributed by atoms with Crippen LogP contribution in [0.25, 0.3) is 0 Å². The van der Waals surface area contributed by atoms with Crippen LogP contribution in [0.3, 0.4) is 0 Å². The Bertz CT molecular complexity index is 602. The molecular weight excluding hydrogens is 344 g/mol. The van der Waals surface area contributed by atoms with Gasteiger partial charge in [-0.15, -0.1) is 0 Å². The third-order valence-corrected chi connectivity index (χ3v) is 7.81. The van der Waals surface area contributed by atoms with E-state index in [-0.39, 0.29) is 0 Å². The summed E-state index contributed by atoms with van der Waals surface area (Å²) in [5, 5.41) is 10.1. The molecule has 0 amide bonds. The number of aliphatic carboxylic acids is 1. The highest BCUT2D eigenvalue weighted by molar-refractivity contribution is 5.81. The van der Waals surface area contributed by atoms with E-state index in [1.54, 1.807) is 0 Å². The van der Waals surface area contributed by atoms with Crippen LogP contribution in [0.1, 0.15) is 114 Å².